The van der Waals surface area contributed by atoms with Crippen molar-refractivity contribution < 1.29 is 9.90 Å². The third kappa shape index (κ3) is 2.51. The molecule has 0 aliphatic heterocycles. The van der Waals surface area contributed by atoms with E-state index in [1.54, 1.807) is 11.8 Å². The Kier molecular flexibility index (Phi) is 3.62. The largest absolute Gasteiger partial charge is 0.477 e. The van der Waals surface area contributed by atoms with Gasteiger partial charge >= 0.3 is 5.97 Å². The average Bonchev–Trinajstić information content (AvgIpc) is 3.22. The van der Waals surface area contributed by atoms with E-state index >= 15 is 0 Å². The Morgan fingerprint density at radius 2 is 1.88 bits per heavy atom. The van der Waals surface area contributed by atoms with E-state index in [9.17, 15) is 9.90 Å². The number of carbonyl (C=O) groups is 1. The number of nitrogens with zero attached hydrogens (tertiary/aromatic N) is 3. The first-order valence-electron chi connectivity index (χ1n) is 7.77. The van der Waals surface area contributed by atoms with Crippen LogP contribution in [0.5, 0.6) is 0 Å². The summed E-state index contributed by atoms with van der Waals surface area (Å²) in [5, 5.41) is 9.43. The summed E-state index contributed by atoms with van der Waals surface area (Å²) in [6.45, 7) is 4.14. The topological polar surface area (TPSA) is 68.0 Å². The Labute approximate surface area is 148 Å². The van der Waals surface area contributed by atoms with Crippen LogP contribution in [0.1, 0.15) is 20.8 Å². The zero-order valence-corrected chi connectivity index (χ0v) is 14.5. The monoisotopic (exact) mass is 349 g/mol. The van der Waals surface area contributed by atoms with Crippen LogP contribution in [0.3, 0.4) is 0 Å². The second-order valence-electron chi connectivity index (χ2n) is 5.89. The van der Waals surface area contributed by atoms with Crippen molar-refractivity contribution in [2.24, 2.45) is 0 Å². The predicted molar refractivity (Wildman–Crippen MR) is 98.6 cm³/mol. The summed E-state index contributed by atoms with van der Waals surface area (Å²) in [5.74, 6) is -0.964. The average molecular weight is 349 g/mol. The number of benzene rings is 2. The number of thiazole rings is 1. The fraction of sp³-hybridized carbons (Fsp3) is 0.105. The van der Waals surface area contributed by atoms with E-state index < -0.39 is 5.97 Å². The molecule has 0 radical (unpaired) electrons. The molecule has 2 aromatic heterocycles. The molecule has 25 heavy (non-hydrogen) atoms. The summed E-state index contributed by atoms with van der Waals surface area (Å²) in [6.07, 6.45) is 1.77. The highest BCUT2D eigenvalue weighted by molar-refractivity contribution is 7.12. The molecule has 0 fully saturated rings. The number of carboxylic acids is 1. The molecule has 4 rings (SSSR count). The van der Waals surface area contributed by atoms with Crippen LogP contribution >= 0.6 is 11.3 Å². The van der Waals surface area contributed by atoms with Gasteiger partial charge in [-0.05, 0) is 43.2 Å². The number of aromatic carboxylic acids is 1. The van der Waals surface area contributed by atoms with Gasteiger partial charge in [0, 0.05) is 5.56 Å². The molecule has 0 saturated heterocycles. The van der Waals surface area contributed by atoms with Crippen molar-refractivity contribution in [1.82, 2.24) is 14.5 Å². The zero-order valence-electron chi connectivity index (χ0n) is 13.7. The van der Waals surface area contributed by atoms with E-state index in [2.05, 4.69) is 35.9 Å². The van der Waals surface area contributed by atoms with Gasteiger partial charge in [-0.15, -0.1) is 11.3 Å². The maximum Gasteiger partial charge on any atom is 0.348 e. The van der Waals surface area contributed by atoms with Crippen LogP contribution in [-0.2, 0) is 0 Å². The number of hydrogen-bond donors (Lipinski definition) is 1. The fourth-order valence-electron chi connectivity index (χ4n) is 2.93. The maximum absolute atomic E-state index is 11.5. The summed E-state index contributed by atoms with van der Waals surface area (Å²) in [7, 11) is 0. The number of para-hydroxylation sites is 1. The molecule has 2 aromatic carbocycles. The molecule has 5 nitrogen and oxygen atoms in total. The maximum atomic E-state index is 11.5. The van der Waals surface area contributed by atoms with Gasteiger partial charge in [0.2, 0.25) is 0 Å². The van der Waals surface area contributed by atoms with Crippen LogP contribution in [0.25, 0.3) is 28.0 Å². The number of rotatable bonds is 3. The van der Waals surface area contributed by atoms with Crippen molar-refractivity contribution in [3.63, 3.8) is 0 Å². The van der Waals surface area contributed by atoms with Gasteiger partial charge in [-0.25, -0.2) is 14.8 Å². The molecule has 0 aliphatic carbocycles. The third-order valence-corrected chi connectivity index (χ3v) is 5.16. The number of aryl methyl sites for hydroxylation is 2. The lowest BCUT2D eigenvalue weighted by atomic mass is 10.1. The molecule has 1 N–H and O–H groups in total. The van der Waals surface area contributed by atoms with Crippen LogP contribution in [0.2, 0.25) is 0 Å². The van der Waals surface area contributed by atoms with Crippen LogP contribution in [0.4, 0.5) is 0 Å². The highest BCUT2D eigenvalue weighted by atomic mass is 32.1. The van der Waals surface area contributed by atoms with Gasteiger partial charge in [0.05, 0.1) is 27.9 Å². The van der Waals surface area contributed by atoms with Crippen molar-refractivity contribution in [3.05, 3.63) is 64.2 Å². The molecular formula is C19H15N3O2S. The summed E-state index contributed by atoms with van der Waals surface area (Å²) < 4.78 is 1.99. The van der Waals surface area contributed by atoms with Gasteiger partial charge in [-0.3, -0.25) is 4.57 Å². The molecule has 2 heterocycles. The Bertz CT molecular complexity index is 1110. The molecule has 0 unspecified atom stereocenters. The van der Waals surface area contributed by atoms with Crippen LogP contribution < -0.4 is 0 Å². The summed E-state index contributed by atoms with van der Waals surface area (Å²) in [4.78, 5) is 20.5. The molecule has 0 saturated carbocycles. The minimum Gasteiger partial charge on any atom is -0.477 e. The second-order valence-corrected chi connectivity index (χ2v) is 6.75. The Morgan fingerprint density at radius 1 is 1.12 bits per heavy atom. The molecule has 0 amide bonds. The lowest BCUT2D eigenvalue weighted by Gasteiger charge is -2.11. The first-order chi connectivity index (χ1) is 12.1. The minimum atomic E-state index is -0.964. The third-order valence-electron chi connectivity index (χ3n) is 4.34. The van der Waals surface area contributed by atoms with Crippen molar-refractivity contribution in [3.8, 4) is 16.9 Å². The molecule has 0 bridgehead atoms. The highest BCUT2D eigenvalue weighted by Gasteiger charge is 2.19. The standard InChI is InChI=1S/C19H15N3O2S/c1-11-7-14-16(8-12(11)2)22(9-20-14)15-6-4-3-5-13(15)17-18(19(23)24)25-10-21-17/h3-10H,1-2H3,(H,23,24). The first kappa shape index (κ1) is 15.5. The number of hydrogen-bond acceptors (Lipinski definition) is 4. The summed E-state index contributed by atoms with van der Waals surface area (Å²) in [5.41, 5.74) is 7.97. The highest BCUT2D eigenvalue weighted by Crippen LogP contribution is 2.32. The SMILES string of the molecule is Cc1cc2ncn(-c3ccccc3-c3ncsc3C(=O)O)c2cc1C. The van der Waals surface area contributed by atoms with Gasteiger partial charge in [0.1, 0.15) is 11.2 Å². The molecule has 0 atom stereocenters. The van der Waals surface area contributed by atoms with E-state index in [4.69, 9.17) is 0 Å². The smallest absolute Gasteiger partial charge is 0.348 e. The lowest BCUT2D eigenvalue weighted by molar-refractivity contribution is 0.0702. The quantitative estimate of drug-likeness (QED) is 0.593. The lowest BCUT2D eigenvalue weighted by Crippen LogP contribution is -2.00. The Balaban J connectivity index is 1.98. The van der Waals surface area contributed by atoms with E-state index in [0.717, 1.165) is 33.6 Å². The second kappa shape index (κ2) is 5.82. The molecule has 0 aliphatic rings. The van der Waals surface area contributed by atoms with Gasteiger partial charge in [-0.2, -0.15) is 0 Å². The van der Waals surface area contributed by atoms with Gasteiger partial charge in [0.15, 0.2) is 0 Å². The van der Waals surface area contributed by atoms with Crippen molar-refractivity contribution in [2.75, 3.05) is 0 Å². The number of carboxylic acid groups (broad SMARTS) is 1. The number of fused-ring (bicyclic) bond motifs is 1. The van der Waals surface area contributed by atoms with Crippen LogP contribution in [0, 0.1) is 13.8 Å². The predicted octanol–water partition coefficient (Wildman–Crippen LogP) is 4.46. The molecular weight excluding hydrogens is 334 g/mol. The van der Waals surface area contributed by atoms with Crippen molar-refractivity contribution in [2.45, 2.75) is 13.8 Å². The van der Waals surface area contributed by atoms with Gasteiger partial charge in [-0.1, -0.05) is 18.2 Å². The number of imidazole rings is 1. The van der Waals surface area contributed by atoms with Crippen LogP contribution in [0.15, 0.2) is 48.2 Å². The zero-order chi connectivity index (χ0) is 17.6. The first-order valence-corrected chi connectivity index (χ1v) is 8.65. The van der Waals surface area contributed by atoms with E-state index in [-0.39, 0.29) is 4.88 Å². The van der Waals surface area contributed by atoms with Crippen molar-refractivity contribution in [1.29, 1.82) is 0 Å². The number of aromatic nitrogens is 3. The normalized spacial score (nSPS) is 11.1. The molecule has 0 spiro atoms. The summed E-state index contributed by atoms with van der Waals surface area (Å²) in [6, 6.07) is 11.8. The van der Waals surface area contributed by atoms with Gasteiger partial charge < -0.3 is 5.11 Å². The van der Waals surface area contributed by atoms with E-state index in [0.29, 0.717) is 5.69 Å². The van der Waals surface area contributed by atoms with Gasteiger partial charge in [0.25, 0.3) is 0 Å². The minimum absolute atomic E-state index is 0.240. The molecule has 4 aromatic rings. The van der Waals surface area contributed by atoms with Crippen LogP contribution in [-0.4, -0.2) is 25.6 Å². The molecule has 124 valence electrons. The van der Waals surface area contributed by atoms with E-state index in [1.165, 1.54) is 11.1 Å². The summed E-state index contributed by atoms with van der Waals surface area (Å²) >= 11 is 1.13. The Hall–Kier alpha value is -2.99. The molecule has 6 heteroatoms. The fourth-order valence-corrected chi connectivity index (χ4v) is 3.57. The van der Waals surface area contributed by atoms with Crippen molar-refractivity contribution >= 4 is 28.3 Å². The Morgan fingerprint density at radius 3 is 2.68 bits per heavy atom. The van der Waals surface area contributed by atoms with E-state index in [1.807, 2.05) is 28.8 Å².